The van der Waals surface area contributed by atoms with Gasteiger partial charge in [-0.25, -0.2) is 0 Å². The summed E-state index contributed by atoms with van der Waals surface area (Å²) < 4.78 is 5.90. The Kier molecular flexibility index (Phi) is 3.96. The number of rotatable bonds is 2. The maximum Gasteiger partial charge on any atom is 0.0731 e. The van der Waals surface area contributed by atoms with Gasteiger partial charge in [-0.05, 0) is 36.6 Å². The molecule has 2 N–H and O–H groups in total. The molecule has 0 aromatic heterocycles. The monoisotopic (exact) mass is 280 g/mol. The van der Waals surface area contributed by atoms with Crippen molar-refractivity contribution < 1.29 is 4.74 Å². The lowest BCUT2D eigenvalue weighted by Gasteiger charge is -2.44. The van der Waals surface area contributed by atoms with E-state index < -0.39 is 0 Å². The minimum absolute atomic E-state index is 0.419. The standard InChI is InChI=1S/C15H21ClN2O/c16-13-6-5-12(17)9-11(13)10-18-7-8-19-15-4-2-1-3-14(15)18/h5-6,9,14-15H,1-4,7-8,10,17H2. The first-order valence-electron chi connectivity index (χ1n) is 7.13. The third kappa shape index (κ3) is 2.88. The number of ether oxygens (including phenoxy) is 1. The Hall–Kier alpha value is -0.770. The van der Waals surface area contributed by atoms with Crippen molar-refractivity contribution in [1.29, 1.82) is 0 Å². The van der Waals surface area contributed by atoms with Crippen molar-refractivity contribution in [2.24, 2.45) is 0 Å². The average Bonchev–Trinajstić information content (AvgIpc) is 2.43. The van der Waals surface area contributed by atoms with Gasteiger partial charge in [0.2, 0.25) is 0 Å². The van der Waals surface area contributed by atoms with Crippen LogP contribution in [0.15, 0.2) is 18.2 Å². The smallest absolute Gasteiger partial charge is 0.0731 e. The molecule has 0 bridgehead atoms. The van der Waals surface area contributed by atoms with Gasteiger partial charge in [-0.15, -0.1) is 0 Å². The van der Waals surface area contributed by atoms with E-state index in [0.29, 0.717) is 12.1 Å². The number of nitrogen functional groups attached to an aromatic ring is 1. The number of halogens is 1. The van der Waals surface area contributed by atoms with Crippen LogP contribution in [0.2, 0.25) is 5.02 Å². The first-order chi connectivity index (χ1) is 9.24. The molecular weight excluding hydrogens is 260 g/mol. The topological polar surface area (TPSA) is 38.5 Å². The molecule has 2 fully saturated rings. The fourth-order valence-electron chi connectivity index (χ4n) is 3.31. The fraction of sp³-hybridized carbons (Fsp3) is 0.600. The van der Waals surface area contributed by atoms with Gasteiger partial charge in [-0.1, -0.05) is 24.4 Å². The number of nitrogens with two attached hydrogens (primary N) is 1. The van der Waals surface area contributed by atoms with Crippen LogP contribution in [-0.2, 0) is 11.3 Å². The second kappa shape index (κ2) is 5.70. The lowest BCUT2D eigenvalue weighted by atomic mass is 9.90. The molecule has 19 heavy (non-hydrogen) atoms. The van der Waals surface area contributed by atoms with E-state index in [-0.39, 0.29) is 0 Å². The van der Waals surface area contributed by atoms with E-state index in [2.05, 4.69) is 4.90 Å². The van der Waals surface area contributed by atoms with E-state index >= 15 is 0 Å². The molecule has 1 heterocycles. The maximum atomic E-state index is 6.28. The van der Waals surface area contributed by atoms with Gasteiger partial charge in [0, 0.05) is 29.8 Å². The molecule has 104 valence electrons. The van der Waals surface area contributed by atoms with Crippen LogP contribution in [0.1, 0.15) is 31.2 Å². The van der Waals surface area contributed by atoms with E-state index in [1.807, 2.05) is 18.2 Å². The lowest BCUT2D eigenvalue weighted by molar-refractivity contribution is -0.0911. The van der Waals surface area contributed by atoms with E-state index in [1.54, 1.807) is 0 Å². The van der Waals surface area contributed by atoms with Gasteiger partial charge in [0.15, 0.2) is 0 Å². The second-order valence-electron chi connectivity index (χ2n) is 5.58. The van der Waals surface area contributed by atoms with E-state index in [4.69, 9.17) is 22.1 Å². The largest absolute Gasteiger partial charge is 0.399 e. The molecule has 1 saturated carbocycles. The van der Waals surface area contributed by atoms with Crippen LogP contribution < -0.4 is 5.73 Å². The van der Waals surface area contributed by atoms with Crippen LogP contribution >= 0.6 is 11.6 Å². The summed E-state index contributed by atoms with van der Waals surface area (Å²) in [6.07, 6.45) is 5.47. The number of benzene rings is 1. The zero-order valence-electron chi connectivity index (χ0n) is 11.1. The molecule has 2 atom stereocenters. The zero-order valence-corrected chi connectivity index (χ0v) is 11.9. The Morgan fingerprint density at radius 2 is 2.16 bits per heavy atom. The van der Waals surface area contributed by atoms with Gasteiger partial charge in [0.25, 0.3) is 0 Å². The highest BCUT2D eigenvalue weighted by molar-refractivity contribution is 6.31. The minimum Gasteiger partial charge on any atom is -0.399 e. The highest BCUT2D eigenvalue weighted by Gasteiger charge is 2.34. The molecule has 1 aromatic carbocycles. The molecule has 0 spiro atoms. The molecule has 0 radical (unpaired) electrons. The number of morpholine rings is 1. The molecule has 0 amide bonds. The molecule has 3 nitrogen and oxygen atoms in total. The molecule has 1 saturated heterocycles. The fourth-order valence-corrected chi connectivity index (χ4v) is 3.48. The normalized spacial score (nSPS) is 28.1. The molecular formula is C15H21ClN2O. The van der Waals surface area contributed by atoms with Crippen molar-refractivity contribution in [3.05, 3.63) is 28.8 Å². The van der Waals surface area contributed by atoms with Crippen molar-refractivity contribution in [2.75, 3.05) is 18.9 Å². The Morgan fingerprint density at radius 3 is 3.05 bits per heavy atom. The predicted molar refractivity (Wildman–Crippen MR) is 78.3 cm³/mol. The zero-order chi connectivity index (χ0) is 13.2. The summed E-state index contributed by atoms with van der Waals surface area (Å²) in [6.45, 7) is 2.71. The summed E-state index contributed by atoms with van der Waals surface area (Å²) in [5, 5.41) is 0.813. The Balaban J connectivity index is 1.75. The van der Waals surface area contributed by atoms with Gasteiger partial charge >= 0.3 is 0 Å². The summed E-state index contributed by atoms with van der Waals surface area (Å²) in [5.41, 5.74) is 7.78. The Morgan fingerprint density at radius 1 is 1.32 bits per heavy atom. The quantitative estimate of drug-likeness (QED) is 0.846. The number of nitrogens with zero attached hydrogens (tertiary/aromatic N) is 1. The van der Waals surface area contributed by atoms with Crippen LogP contribution in [0.25, 0.3) is 0 Å². The lowest BCUT2D eigenvalue weighted by Crippen LogP contribution is -2.52. The predicted octanol–water partition coefficient (Wildman–Crippen LogP) is 3.07. The summed E-state index contributed by atoms with van der Waals surface area (Å²) in [4.78, 5) is 2.52. The molecule has 1 aliphatic carbocycles. The van der Waals surface area contributed by atoms with Gasteiger partial charge < -0.3 is 10.5 Å². The molecule has 2 unspecified atom stereocenters. The Bertz CT molecular complexity index is 450. The van der Waals surface area contributed by atoms with Crippen LogP contribution in [0.4, 0.5) is 5.69 Å². The number of hydrogen-bond donors (Lipinski definition) is 1. The minimum atomic E-state index is 0.419. The molecule has 4 heteroatoms. The highest BCUT2D eigenvalue weighted by atomic mass is 35.5. The molecule has 3 rings (SSSR count). The van der Waals surface area contributed by atoms with Crippen molar-refractivity contribution in [2.45, 2.75) is 44.4 Å². The van der Waals surface area contributed by atoms with Gasteiger partial charge in [0.1, 0.15) is 0 Å². The van der Waals surface area contributed by atoms with Crippen LogP contribution in [-0.4, -0.2) is 30.2 Å². The summed E-state index contributed by atoms with van der Waals surface area (Å²) >= 11 is 6.28. The highest BCUT2D eigenvalue weighted by Crippen LogP contribution is 2.30. The summed E-state index contributed by atoms with van der Waals surface area (Å²) in [6, 6.07) is 6.30. The maximum absolute atomic E-state index is 6.28. The molecule has 2 aliphatic rings. The van der Waals surface area contributed by atoms with Gasteiger partial charge in [0.05, 0.1) is 12.7 Å². The van der Waals surface area contributed by atoms with Crippen molar-refractivity contribution in [1.82, 2.24) is 4.90 Å². The second-order valence-corrected chi connectivity index (χ2v) is 5.99. The van der Waals surface area contributed by atoms with Gasteiger partial charge in [-0.3, -0.25) is 4.90 Å². The summed E-state index contributed by atoms with van der Waals surface area (Å²) in [5.74, 6) is 0. The van der Waals surface area contributed by atoms with Crippen LogP contribution in [0, 0.1) is 0 Å². The van der Waals surface area contributed by atoms with Crippen molar-refractivity contribution in [3.63, 3.8) is 0 Å². The Labute approximate surface area is 119 Å². The van der Waals surface area contributed by atoms with E-state index in [9.17, 15) is 0 Å². The number of hydrogen-bond acceptors (Lipinski definition) is 3. The SMILES string of the molecule is Nc1ccc(Cl)c(CN2CCOC3CCCCC32)c1. The molecule has 1 aromatic rings. The first kappa shape index (κ1) is 13.2. The summed E-state index contributed by atoms with van der Waals surface area (Å²) in [7, 11) is 0. The average molecular weight is 281 g/mol. The van der Waals surface area contributed by atoms with E-state index in [1.165, 1.54) is 25.7 Å². The van der Waals surface area contributed by atoms with Gasteiger partial charge in [-0.2, -0.15) is 0 Å². The van der Waals surface area contributed by atoms with Crippen molar-refractivity contribution in [3.8, 4) is 0 Å². The molecule has 1 aliphatic heterocycles. The third-order valence-corrected chi connectivity index (χ3v) is 4.66. The van der Waals surface area contributed by atoms with Crippen LogP contribution in [0.3, 0.4) is 0 Å². The van der Waals surface area contributed by atoms with E-state index in [0.717, 1.165) is 36.0 Å². The third-order valence-electron chi connectivity index (χ3n) is 4.29. The first-order valence-corrected chi connectivity index (χ1v) is 7.51. The number of anilines is 1. The van der Waals surface area contributed by atoms with Crippen LogP contribution in [0.5, 0.6) is 0 Å². The van der Waals surface area contributed by atoms with Crippen molar-refractivity contribution >= 4 is 17.3 Å². The number of fused-ring (bicyclic) bond motifs is 1.